The average molecular weight is 213 g/mol. The summed E-state index contributed by atoms with van der Waals surface area (Å²) in [5.74, 6) is -1.50. The Morgan fingerprint density at radius 2 is 2.00 bits per heavy atom. The molecule has 0 aromatic heterocycles. The highest BCUT2D eigenvalue weighted by atomic mass is 16.4. The van der Waals surface area contributed by atoms with Crippen molar-refractivity contribution in [2.45, 2.75) is 25.3 Å². The van der Waals surface area contributed by atoms with Crippen molar-refractivity contribution in [3.63, 3.8) is 0 Å². The van der Waals surface area contributed by atoms with Gasteiger partial charge in [0.2, 0.25) is 5.91 Å². The summed E-state index contributed by atoms with van der Waals surface area (Å²) in [6.07, 6.45) is 5.19. The lowest BCUT2D eigenvalue weighted by atomic mass is 10.1. The molecular weight excluding hydrogens is 198 g/mol. The lowest BCUT2D eigenvalue weighted by Crippen LogP contribution is -2.43. The van der Waals surface area contributed by atoms with Crippen molar-refractivity contribution in [3.8, 4) is 0 Å². The van der Waals surface area contributed by atoms with E-state index in [4.69, 9.17) is 10.2 Å². The zero-order valence-electron chi connectivity index (χ0n) is 8.35. The van der Waals surface area contributed by atoms with Gasteiger partial charge in [0.1, 0.15) is 6.04 Å². The lowest BCUT2D eigenvalue weighted by Gasteiger charge is -2.16. The SMILES string of the molecule is O=C(N[C@H](CCO)C(=O)O)C1CC=CC1. The van der Waals surface area contributed by atoms with Crippen molar-refractivity contribution < 1.29 is 19.8 Å². The standard InChI is InChI=1S/C10H15NO4/c12-6-5-8(10(14)15)11-9(13)7-3-1-2-4-7/h1-2,7-8,12H,3-6H2,(H,11,13)(H,14,15)/t8-/m1/s1. The van der Waals surface area contributed by atoms with Gasteiger partial charge in [-0.1, -0.05) is 12.2 Å². The van der Waals surface area contributed by atoms with E-state index in [1.165, 1.54) is 0 Å². The summed E-state index contributed by atoms with van der Waals surface area (Å²) >= 11 is 0. The van der Waals surface area contributed by atoms with Gasteiger partial charge in [-0.25, -0.2) is 4.79 Å². The molecule has 0 aliphatic heterocycles. The fraction of sp³-hybridized carbons (Fsp3) is 0.600. The number of aliphatic hydroxyl groups is 1. The number of aliphatic carboxylic acids is 1. The van der Waals surface area contributed by atoms with Gasteiger partial charge in [-0.15, -0.1) is 0 Å². The highest BCUT2D eigenvalue weighted by molar-refractivity contribution is 5.85. The van der Waals surface area contributed by atoms with Crippen molar-refractivity contribution in [2.24, 2.45) is 5.92 Å². The van der Waals surface area contributed by atoms with Crippen LogP contribution in [0.25, 0.3) is 0 Å². The number of carbonyl (C=O) groups is 2. The van der Waals surface area contributed by atoms with E-state index >= 15 is 0 Å². The van der Waals surface area contributed by atoms with Gasteiger partial charge in [-0.3, -0.25) is 4.79 Å². The van der Waals surface area contributed by atoms with Crippen LogP contribution in [-0.4, -0.2) is 34.7 Å². The van der Waals surface area contributed by atoms with Crippen molar-refractivity contribution in [1.29, 1.82) is 0 Å². The van der Waals surface area contributed by atoms with Crippen LogP contribution >= 0.6 is 0 Å². The number of aliphatic hydroxyl groups excluding tert-OH is 1. The van der Waals surface area contributed by atoms with Crippen molar-refractivity contribution in [3.05, 3.63) is 12.2 Å². The van der Waals surface area contributed by atoms with Crippen LogP contribution in [0.4, 0.5) is 0 Å². The molecule has 5 nitrogen and oxygen atoms in total. The second-order valence-electron chi connectivity index (χ2n) is 3.55. The lowest BCUT2D eigenvalue weighted by molar-refractivity contribution is -0.142. The quantitative estimate of drug-likeness (QED) is 0.557. The van der Waals surface area contributed by atoms with E-state index in [0.717, 1.165) is 0 Å². The van der Waals surface area contributed by atoms with Gasteiger partial charge in [-0.05, 0) is 12.8 Å². The molecule has 1 aliphatic rings. The van der Waals surface area contributed by atoms with E-state index in [1.807, 2.05) is 12.2 Å². The Bertz CT molecular complexity index is 267. The Kier molecular flexibility index (Phi) is 4.30. The number of amides is 1. The van der Waals surface area contributed by atoms with Gasteiger partial charge in [0.25, 0.3) is 0 Å². The summed E-state index contributed by atoms with van der Waals surface area (Å²) in [7, 11) is 0. The number of hydrogen-bond donors (Lipinski definition) is 3. The Morgan fingerprint density at radius 1 is 1.40 bits per heavy atom. The van der Waals surface area contributed by atoms with E-state index < -0.39 is 12.0 Å². The second-order valence-corrected chi connectivity index (χ2v) is 3.55. The van der Waals surface area contributed by atoms with Crippen LogP contribution in [0, 0.1) is 5.92 Å². The minimum Gasteiger partial charge on any atom is -0.480 e. The summed E-state index contributed by atoms with van der Waals surface area (Å²) in [4.78, 5) is 22.2. The van der Waals surface area contributed by atoms with Crippen molar-refractivity contribution in [1.82, 2.24) is 5.32 Å². The fourth-order valence-electron chi connectivity index (χ4n) is 1.51. The highest BCUT2D eigenvalue weighted by Crippen LogP contribution is 2.17. The topological polar surface area (TPSA) is 86.6 Å². The van der Waals surface area contributed by atoms with Crippen LogP contribution in [0.15, 0.2) is 12.2 Å². The van der Waals surface area contributed by atoms with E-state index in [-0.39, 0.29) is 24.9 Å². The summed E-state index contributed by atoms with van der Waals surface area (Å²) in [6.45, 7) is -0.250. The molecule has 84 valence electrons. The molecule has 1 rings (SSSR count). The van der Waals surface area contributed by atoms with Crippen LogP contribution < -0.4 is 5.32 Å². The zero-order chi connectivity index (χ0) is 11.3. The molecule has 1 atom stereocenters. The van der Waals surface area contributed by atoms with Gasteiger partial charge < -0.3 is 15.5 Å². The third-order valence-electron chi connectivity index (χ3n) is 2.41. The van der Waals surface area contributed by atoms with Crippen molar-refractivity contribution >= 4 is 11.9 Å². The maximum Gasteiger partial charge on any atom is 0.326 e. The molecule has 5 heteroatoms. The number of nitrogens with one attached hydrogen (secondary N) is 1. The number of rotatable bonds is 5. The highest BCUT2D eigenvalue weighted by Gasteiger charge is 2.24. The molecule has 0 heterocycles. The van der Waals surface area contributed by atoms with Gasteiger partial charge in [0.05, 0.1) is 0 Å². The van der Waals surface area contributed by atoms with Crippen LogP contribution in [0.2, 0.25) is 0 Å². The molecular formula is C10H15NO4. The molecule has 0 fully saturated rings. The normalized spacial score (nSPS) is 17.7. The molecule has 1 aliphatic carbocycles. The molecule has 0 aromatic carbocycles. The number of allylic oxidation sites excluding steroid dienone is 2. The monoisotopic (exact) mass is 213 g/mol. The first-order chi connectivity index (χ1) is 7.15. The molecule has 0 saturated heterocycles. The van der Waals surface area contributed by atoms with Gasteiger partial charge >= 0.3 is 5.97 Å². The predicted octanol–water partition coefficient (Wildman–Crippen LogP) is -0.0956. The summed E-state index contributed by atoms with van der Waals surface area (Å²) in [6, 6.07) is -0.983. The maximum absolute atomic E-state index is 11.5. The minimum atomic E-state index is -1.11. The number of carboxylic acids is 1. The molecule has 3 N–H and O–H groups in total. The molecule has 0 spiro atoms. The fourth-order valence-corrected chi connectivity index (χ4v) is 1.51. The Balaban J connectivity index is 2.43. The third kappa shape index (κ3) is 3.36. The molecule has 0 radical (unpaired) electrons. The average Bonchev–Trinajstić information content (AvgIpc) is 2.69. The first kappa shape index (κ1) is 11.7. The molecule has 0 bridgehead atoms. The molecule has 0 aromatic rings. The van der Waals surface area contributed by atoms with E-state index in [1.54, 1.807) is 0 Å². The first-order valence-electron chi connectivity index (χ1n) is 4.94. The summed E-state index contributed by atoms with van der Waals surface area (Å²) in [5, 5.41) is 19.8. The van der Waals surface area contributed by atoms with E-state index in [9.17, 15) is 9.59 Å². The third-order valence-corrected chi connectivity index (χ3v) is 2.41. The second kappa shape index (κ2) is 5.50. The predicted molar refractivity (Wildman–Crippen MR) is 53.1 cm³/mol. The van der Waals surface area contributed by atoms with Gasteiger partial charge in [0.15, 0.2) is 0 Å². The molecule has 0 unspecified atom stereocenters. The molecule has 15 heavy (non-hydrogen) atoms. The van der Waals surface area contributed by atoms with Crippen LogP contribution in [0.3, 0.4) is 0 Å². The van der Waals surface area contributed by atoms with Crippen molar-refractivity contribution in [2.75, 3.05) is 6.61 Å². The molecule has 1 amide bonds. The summed E-state index contributed by atoms with van der Waals surface area (Å²) < 4.78 is 0. The largest absolute Gasteiger partial charge is 0.480 e. The van der Waals surface area contributed by atoms with Gasteiger partial charge in [0, 0.05) is 18.9 Å². The Morgan fingerprint density at radius 3 is 2.47 bits per heavy atom. The van der Waals surface area contributed by atoms with E-state index in [0.29, 0.717) is 12.8 Å². The van der Waals surface area contributed by atoms with Crippen LogP contribution in [0.1, 0.15) is 19.3 Å². The zero-order valence-corrected chi connectivity index (χ0v) is 8.35. The Labute approximate surface area is 87.8 Å². The minimum absolute atomic E-state index is 0.0429. The maximum atomic E-state index is 11.5. The number of carboxylic acid groups (broad SMARTS) is 1. The summed E-state index contributed by atoms with van der Waals surface area (Å²) in [5.41, 5.74) is 0. The number of carbonyl (C=O) groups excluding carboxylic acids is 1. The number of hydrogen-bond acceptors (Lipinski definition) is 3. The van der Waals surface area contributed by atoms with Gasteiger partial charge in [-0.2, -0.15) is 0 Å². The first-order valence-corrected chi connectivity index (χ1v) is 4.94. The molecule has 0 saturated carbocycles. The Hall–Kier alpha value is -1.36. The van der Waals surface area contributed by atoms with E-state index in [2.05, 4.69) is 5.32 Å². The van der Waals surface area contributed by atoms with Crippen LogP contribution in [0.5, 0.6) is 0 Å². The van der Waals surface area contributed by atoms with Crippen LogP contribution in [-0.2, 0) is 9.59 Å². The smallest absolute Gasteiger partial charge is 0.326 e.